The van der Waals surface area contributed by atoms with Gasteiger partial charge in [0, 0.05) is 36.4 Å². The fourth-order valence-electron chi connectivity index (χ4n) is 3.17. The summed E-state index contributed by atoms with van der Waals surface area (Å²) in [6.45, 7) is 9.42. The summed E-state index contributed by atoms with van der Waals surface area (Å²) in [4.78, 5) is 32.0. The normalized spacial score (nSPS) is 12.2. The number of hydrogen-bond donors (Lipinski definition) is 2. The van der Waals surface area contributed by atoms with Crippen LogP contribution in [0, 0.1) is 18.2 Å². The second kappa shape index (κ2) is 15.2. The third kappa shape index (κ3) is 8.76. The number of Topliss-reactive ketones (excluding diaryl/α,β-unsaturated/α-hetero) is 1. The number of nitriles is 1. The van der Waals surface area contributed by atoms with Crippen LogP contribution in [0.15, 0.2) is 60.1 Å². The summed E-state index contributed by atoms with van der Waals surface area (Å²) in [5, 5.41) is 19.7. The summed E-state index contributed by atoms with van der Waals surface area (Å²) in [6, 6.07) is 7.72. The van der Waals surface area contributed by atoms with Gasteiger partial charge in [-0.05, 0) is 57.7 Å². The number of carbonyl (C=O) groups is 2. The maximum Gasteiger partial charge on any atom is 0.319 e. The van der Waals surface area contributed by atoms with E-state index in [9.17, 15) is 14.9 Å². The molecule has 0 aromatic carbocycles. The molecule has 3 aromatic rings. The summed E-state index contributed by atoms with van der Waals surface area (Å²) < 4.78 is 7.16. The molecule has 0 bridgehead atoms. The highest BCUT2D eigenvalue weighted by molar-refractivity contribution is 6.78. The number of nitrogens with zero attached hydrogens (tertiary/aromatic N) is 5. The molecule has 0 aliphatic carbocycles. The van der Waals surface area contributed by atoms with Crippen LogP contribution in [0.1, 0.15) is 36.8 Å². The van der Waals surface area contributed by atoms with Crippen LogP contribution in [0.3, 0.4) is 0 Å². The van der Waals surface area contributed by atoms with Crippen molar-refractivity contribution in [1.82, 2.24) is 24.9 Å². The van der Waals surface area contributed by atoms with Crippen LogP contribution >= 0.6 is 0 Å². The molecule has 3 heterocycles. The number of carbonyl (C=O) groups excluding carboxylic acids is 2. The first-order valence-corrected chi connectivity index (χ1v) is 12.2. The van der Waals surface area contributed by atoms with Gasteiger partial charge in [0.2, 0.25) is 0 Å². The summed E-state index contributed by atoms with van der Waals surface area (Å²) in [6.07, 6.45) is 7.42. The quantitative estimate of drug-likeness (QED) is 0.171. The molecule has 0 saturated carbocycles. The van der Waals surface area contributed by atoms with Crippen LogP contribution in [-0.4, -0.2) is 64.7 Å². The molecule has 2 N–H and O–H groups in total. The molecule has 198 valence electrons. The van der Waals surface area contributed by atoms with Crippen LogP contribution < -0.4 is 16.2 Å². The zero-order chi connectivity index (χ0) is 28.1. The van der Waals surface area contributed by atoms with Crippen LogP contribution in [-0.2, 0) is 9.53 Å². The highest BCUT2D eigenvalue weighted by Crippen LogP contribution is 2.14. The van der Waals surface area contributed by atoms with Gasteiger partial charge in [-0.25, -0.2) is 14.8 Å². The predicted molar refractivity (Wildman–Crippen MR) is 150 cm³/mol. The fourth-order valence-corrected chi connectivity index (χ4v) is 3.17. The second-order valence-electron chi connectivity index (χ2n) is 8.65. The number of fused-ring (bicyclic) bond motifs is 1. The third-order valence-corrected chi connectivity index (χ3v) is 5.58. The van der Waals surface area contributed by atoms with Gasteiger partial charge in [-0.2, -0.15) is 5.10 Å². The molecule has 1 unspecified atom stereocenters. The molecule has 11 heteroatoms. The molecule has 0 aliphatic heterocycles. The Bertz CT molecular complexity index is 1330. The number of hydrogen-bond acceptors (Lipinski definition) is 9. The lowest BCUT2D eigenvalue weighted by Gasteiger charge is -2.13. The van der Waals surface area contributed by atoms with Gasteiger partial charge in [0.05, 0.1) is 30.7 Å². The lowest BCUT2D eigenvalue weighted by Crippen LogP contribution is -2.33. The Labute approximate surface area is 223 Å². The lowest BCUT2D eigenvalue weighted by molar-refractivity contribution is -0.113. The number of anilines is 1. The van der Waals surface area contributed by atoms with E-state index >= 15 is 0 Å². The Morgan fingerprint density at radius 1 is 1.37 bits per heavy atom. The van der Waals surface area contributed by atoms with Gasteiger partial charge in [-0.3, -0.25) is 14.6 Å². The van der Waals surface area contributed by atoms with Crippen molar-refractivity contribution in [3.63, 3.8) is 0 Å². The van der Waals surface area contributed by atoms with E-state index in [1.807, 2.05) is 52.1 Å². The highest BCUT2D eigenvalue weighted by Gasteiger charge is 2.19. The van der Waals surface area contributed by atoms with E-state index in [-0.39, 0.29) is 11.8 Å². The number of nitrogens with one attached hydrogen (secondary N) is 2. The van der Waals surface area contributed by atoms with Crippen molar-refractivity contribution < 1.29 is 14.3 Å². The average Bonchev–Trinajstić information content (AvgIpc) is 3.34. The van der Waals surface area contributed by atoms with Crippen LogP contribution in [0.4, 0.5) is 5.82 Å². The number of ketones is 1. The van der Waals surface area contributed by atoms with Gasteiger partial charge < -0.3 is 15.4 Å². The second-order valence-corrected chi connectivity index (χ2v) is 8.65. The van der Waals surface area contributed by atoms with Gasteiger partial charge in [0.15, 0.2) is 17.7 Å². The Balaban J connectivity index is 0.000000624. The zero-order valence-electron chi connectivity index (χ0n) is 22.7. The van der Waals surface area contributed by atoms with Crippen molar-refractivity contribution in [2.75, 3.05) is 25.6 Å². The Hall–Kier alpha value is -4.14. The van der Waals surface area contributed by atoms with Crippen LogP contribution in [0.2, 0.25) is 6.82 Å². The molecule has 38 heavy (non-hydrogen) atoms. The third-order valence-electron chi connectivity index (χ3n) is 5.58. The smallest absolute Gasteiger partial charge is 0.319 e. The van der Waals surface area contributed by atoms with Crippen molar-refractivity contribution in [1.29, 1.82) is 5.26 Å². The topological polar surface area (TPSA) is 134 Å². The van der Waals surface area contributed by atoms with E-state index in [0.29, 0.717) is 47.8 Å². The molecule has 0 saturated heterocycles. The molecular formula is C27H34BN7O3. The van der Waals surface area contributed by atoms with E-state index in [2.05, 4.69) is 31.7 Å². The monoisotopic (exact) mass is 515 g/mol. The molecule has 0 aliphatic rings. The van der Waals surface area contributed by atoms with E-state index in [1.165, 1.54) is 17.6 Å². The van der Waals surface area contributed by atoms with Crippen molar-refractivity contribution in [3.8, 4) is 5.97 Å². The first-order valence-electron chi connectivity index (χ1n) is 12.2. The number of aromatic nitrogens is 4. The predicted octanol–water partition coefficient (Wildman–Crippen LogP) is 2.78. The summed E-state index contributed by atoms with van der Waals surface area (Å²) in [5.41, 5.74) is 3.38. The van der Waals surface area contributed by atoms with Gasteiger partial charge in [-0.1, -0.05) is 19.0 Å². The molecule has 3 aromatic heterocycles. The molecule has 1 atom stereocenters. The van der Waals surface area contributed by atoms with Crippen molar-refractivity contribution in [3.05, 3.63) is 71.3 Å². The van der Waals surface area contributed by atoms with Crippen molar-refractivity contribution in [2.45, 2.75) is 40.6 Å². The number of aldehydes is 1. The number of allylic oxidation sites excluding steroid dienone is 2. The number of likely N-dealkylation sites (N-methyl/N-ethyl adjacent to an activating group) is 1. The van der Waals surface area contributed by atoms with Gasteiger partial charge in [0.25, 0.3) is 0 Å². The number of rotatable bonds is 11. The minimum atomic E-state index is -0.496. The highest BCUT2D eigenvalue weighted by atomic mass is 16.5. The van der Waals surface area contributed by atoms with Crippen molar-refractivity contribution >= 4 is 35.8 Å². The van der Waals surface area contributed by atoms with Gasteiger partial charge >= 0.3 is 6.71 Å². The number of aryl methyl sites for hydroxylation is 1. The Kier molecular flexibility index (Phi) is 12.0. The van der Waals surface area contributed by atoms with E-state index in [0.717, 1.165) is 11.3 Å². The maximum atomic E-state index is 12.3. The van der Waals surface area contributed by atoms with E-state index in [4.69, 9.17) is 4.74 Å². The van der Waals surface area contributed by atoms with Crippen LogP contribution in [0.5, 0.6) is 0 Å². The molecule has 0 amide bonds. The average molecular weight is 515 g/mol. The minimum Gasteiger partial charge on any atom is -0.375 e. The number of pyridine rings is 1. The van der Waals surface area contributed by atoms with Gasteiger partial charge in [-0.15, -0.1) is 0 Å². The van der Waals surface area contributed by atoms with Crippen LogP contribution in [0.25, 0.3) is 5.65 Å². The fraction of sp³-hybridized carbons (Fsp3) is 0.333. The summed E-state index contributed by atoms with van der Waals surface area (Å²) in [5.74, 6) is 2.32. The first kappa shape index (κ1) is 30.1. The Morgan fingerprint density at radius 3 is 2.66 bits per heavy atom. The first-order chi connectivity index (χ1) is 18.2. The lowest BCUT2D eigenvalue weighted by atomic mass is 9.51. The minimum absolute atomic E-state index is 0.191. The van der Waals surface area contributed by atoms with E-state index < -0.39 is 6.71 Å². The molecule has 0 fully saturated rings. The summed E-state index contributed by atoms with van der Waals surface area (Å²) in [7, 11) is 1.87. The molecule has 3 rings (SSSR count). The standard InChI is InChI=1S/C21H27BN6O3.C6H7N/c1-6-16(12-31-11-14(2)24-5)7-18(15(3)30)26-20-8-19(22(4)13-23)28-21(27-20)17(10-29)9-25-28;1-6-4-2-3-5-7-6/h6-10,14,24H,11-12H2,1-5H3,(H,26,27);2-5H,1H3/b16-6+,18-7+;. The summed E-state index contributed by atoms with van der Waals surface area (Å²) >= 11 is 0. The zero-order valence-corrected chi connectivity index (χ0v) is 22.7. The molecule has 0 radical (unpaired) electrons. The Morgan fingerprint density at radius 2 is 2.13 bits per heavy atom. The molecule has 0 spiro atoms. The maximum absolute atomic E-state index is 12.3. The largest absolute Gasteiger partial charge is 0.375 e. The van der Waals surface area contributed by atoms with Crippen molar-refractivity contribution in [2.24, 2.45) is 0 Å². The molecule has 10 nitrogen and oxygen atoms in total. The SMILES string of the molecule is C/C=C(\C=C(\Nc1cc(B(C)C#N)n2ncc(C=O)c2n1)C(C)=O)COCC(C)NC.Cc1ccccn1. The number of ether oxygens (including phenoxy) is 1. The molecular weight excluding hydrogens is 481 g/mol. The van der Waals surface area contributed by atoms with Gasteiger partial charge in [0.1, 0.15) is 5.82 Å². The van der Waals surface area contributed by atoms with E-state index in [1.54, 1.807) is 25.2 Å².